The van der Waals surface area contributed by atoms with Gasteiger partial charge in [0.15, 0.2) is 0 Å². The van der Waals surface area contributed by atoms with Crippen molar-refractivity contribution in [3.05, 3.63) is 0 Å². The summed E-state index contributed by atoms with van der Waals surface area (Å²) in [6, 6.07) is 0. The van der Waals surface area contributed by atoms with E-state index in [0.717, 1.165) is 13.2 Å². The molecule has 3 nitrogen and oxygen atoms in total. The zero-order valence-electron chi connectivity index (χ0n) is 7.83. The minimum atomic E-state index is 0.727. The Labute approximate surface area is 74.4 Å². The Morgan fingerprint density at radius 2 is 2.08 bits per heavy atom. The van der Waals surface area contributed by atoms with Gasteiger partial charge >= 0.3 is 0 Å². The van der Waals surface area contributed by atoms with E-state index in [1.54, 1.807) is 6.21 Å². The maximum Gasteiger partial charge on any atom is 0.129 e. The van der Waals surface area contributed by atoms with E-state index >= 15 is 0 Å². The molecule has 0 unspecified atom stereocenters. The first-order valence-electron chi connectivity index (χ1n) is 4.76. The summed E-state index contributed by atoms with van der Waals surface area (Å²) in [5.74, 6) is 0. The number of hydrogen-bond donors (Lipinski definition) is 0. The quantitative estimate of drug-likeness (QED) is 0.363. The number of likely N-dealkylation sites (tertiary alicyclic amines) is 1. The van der Waals surface area contributed by atoms with E-state index in [1.807, 2.05) is 6.92 Å². The summed E-state index contributed by atoms with van der Waals surface area (Å²) in [5, 5.41) is 3.70. The Balaban J connectivity index is 1.97. The van der Waals surface area contributed by atoms with Gasteiger partial charge in [-0.1, -0.05) is 11.6 Å². The fourth-order valence-electron chi connectivity index (χ4n) is 1.48. The number of hydrogen-bond acceptors (Lipinski definition) is 3. The molecular weight excluding hydrogens is 152 g/mol. The lowest BCUT2D eigenvalue weighted by molar-refractivity contribution is 0.103. The average molecular weight is 170 g/mol. The monoisotopic (exact) mass is 170 g/mol. The SMILES string of the molecule is C/C=N/OCCN1CCCCC1. The van der Waals surface area contributed by atoms with E-state index < -0.39 is 0 Å². The molecule has 70 valence electrons. The second-order valence-corrected chi connectivity index (χ2v) is 3.10. The van der Waals surface area contributed by atoms with Gasteiger partial charge in [0.25, 0.3) is 0 Å². The van der Waals surface area contributed by atoms with Crippen molar-refractivity contribution in [2.45, 2.75) is 26.2 Å². The predicted octanol–water partition coefficient (Wildman–Crippen LogP) is 1.49. The smallest absolute Gasteiger partial charge is 0.129 e. The molecule has 3 heteroatoms. The van der Waals surface area contributed by atoms with Crippen LogP contribution in [0.15, 0.2) is 5.16 Å². The van der Waals surface area contributed by atoms with Crippen molar-refractivity contribution in [1.82, 2.24) is 4.90 Å². The van der Waals surface area contributed by atoms with Crippen LogP contribution in [0.1, 0.15) is 26.2 Å². The zero-order chi connectivity index (χ0) is 8.65. The number of rotatable bonds is 4. The molecule has 0 aromatic heterocycles. The van der Waals surface area contributed by atoms with E-state index in [9.17, 15) is 0 Å². The van der Waals surface area contributed by atoms with Crippen molar-refractivity contribution >= 4 is 6.21 Å². The summed E-state index contributed by atoms with van der Waals surface area (Å²) < 4.78 is 0. The average Bonchev–Trinajstić information content (AvgIpc) is 2.14. The molecule has 1 rings (SSSR count). The Morgan fingerprint density at radius 3 is 2.75 bits per heavy atom. The van der Waals surface area contributed by atoms with Crippen molar-refractivity contribution in [3.8, 4) is 0 Å². The standard InChI is InChI=1S/C9H18N2O/c1-2-10-12-9-8-11-6-4-3-5-7-11/h2H,3-9H2,1H3/b10-2+. The first-order valence-corrected chi connectivity index (χ1v) is 4.76. The van der Waals surface area contributed by atoms with Crippen LogP contribution in [0.25, 0.3) is 0 Å². The minimum absolute atomic E-state index is 0.727. The van der Waals surface area contributed by atoms with Crippen molar-refractivity contribution in [2.24, 2.45) is 5.16 Å². The van der Waals surface area contributed by atoms with Gasteiger partial charge in [0.05, 0.1) is 0 Å². The lowest BCUT2D eigenvalue weighted by Crippen LogP contribution is -2.32. The minimum Gasteiger partial charge on any atom is -0.395 e. The van der Waals surface area contributed by atoms with Gasteiger partial charge in [-0.25, -0.2) is 0 Å². The molecule has 0 atom stereocenters. The highest BCUT2D eigenvalue weighted by molar-refractivity contribution is 5.52. The summed E-state index contributed by atoms with van der Waals surface area (Å²) in [6.45, 7) is 6.08. The fraction of sp³-hybridized carbons (Fsp3) is 0.889. The molecule has 0 spiro atoms. The predicted molar refractivity (Wildman–Crippen MR) is 50.4 cm³/mol. The van der Waals surface area contributed by atoms with Crippen LogP contribution in [-0.4, -0.2) is 37.4 Å². The molecular formula is C9H18N2O. The van der Waals surface area contributed by atoms with Crippen LogP contribution in [0, 0.1) is 0 Å². The van der Waals surface area contributed by atoms with Gasteiger partial charge in [-0.15, -0.1) is 0 Å². The molecule has 1 saturated heterocycles. The van der Waals surface area contributed by atoms with E-state index in [1.165, 1.54) is 32.4 Å². The largest absolute Gasteiger partial charge is 0.395 e. The molecule has 0 aromatic carbocycles. The molecule has 1 aliphatic heterocycles. The Bertz CT molecular complexity index is 130. The Kier molecular flexibility index (Phi) is 4.76. The molecule has 0 amide bonds. The van der Waals surface area contributed by atoms with Gasteiger partial charge in [0, 0.05) is 12.8 Å². The lowest BCUT2D eigenvalue weighted by atomic mass is 10.1. The molecule has 1 heterocycles. The van der Waals surface area contributed by atoms with Crippen LogP contribution in [-0.2, 0) is 4.84 Å². The first-order chi connectivity index (χ1) is 5.93. The van der Waals surface area contributed by atoms with Crippen LogP contribution < -0.4 is 0 Å². The highest BCUT2D eigenvalue weighted by Gasteiger charge is 2.08. The highest BCUT2D eigenvalue weighted by Crippen LogP contribution is 2.07. The van der Waals surface area contributed by atoms with Crippen LogP contribution in [0.5, 0.6) is 0 Å². The third-order valence-electron chi connectivity index (χ3n) is 2.13. The van der Waals surface area contributed by atoms with Gasteiger partial charge in [0.1, 0.15) is 6.61 Å². The molecule has 0 radical (unpaired) electrons. The summed E-state index contributed by atoms with van der Waals surface area (Å²) >= 11 is 0. The molecule has 0 saturated carbocycles. The summed E-state index contributed by atoms with van der Waals surface area (Å²) in [5.41, 5.74) is 0. The molecule has 1 fully saturated rings. The van der Waals surface area contributed by atoms with Gasteiger partial charge < -0.3 is 4.84 Å². The normalized spacial score (nSPS) is 20.1. The van der Waals surface area contributed by atoms with Gasteiger partial charge in [0.2, 0.25) is 0 Å². The maximum absolute atomic E-state index is 5.01. The van der Waals surface area contributed by atoms with Crippen molar-refractivity contribution in [2.75, 3.05) is 26.2 Å². The molecule has 0 aliphatic carbocycles. The van der Waals surface area contributed by atoms with Crippen molar-refractivity contribution < 1.29 is 4.84 Å². The summed E-state index contributed by atoms with van der Waals surface area (Å²) in [6.07, 6.45) is 5.76. The van der Waals surface area contributed by atoms with Crippen LogP contribution >= 0.6 is 0 Å². The van der Waals surface area contributed by atoms with Gasteiger partial charge in [-0.2, -0.15) is 0 Å². The number of nitrogens with zero attached hydrogens (tertiary/aromatic N) is 2. The van der Waals surface area contributed by atoms with E-state index in [-0.39, 0.29) is 0 Å². The van der Waals surface area contributed by atoms with Gasteiger partial charge in [-0.05, 0) is 32.9 Å². The van der Waals surface area contributed by atoms with Gasteiger partial charge in [-0.3, -0.25) is 4.90 Å². The molecule has 12 heavy (non-hydrogen) atoms. The molecule has 0 bridgehead atoms. The van der Waals surface area contributed by atoms with E-state index in [4.69, 9.17) is 4.84 Å². The Morgan fingerprint density at radius 1 is 1.33 bits per heavy atom. The second-order valence-electron chi connectivity index (χ2n) is 3.10. The number of piperidine rings is 1. The first kappa shape index (κ1) is 9.52. The Hall–Kier alpha value is -0.570. The number of oxime groups is 1. The second kappa shape index (κ2) is 6.00. The highest BCUT2D eigenvalue weighted by atomic mass is 16.6. The van der Waals surface area contributed by atoms with E-state index in [0.29, 0.717) is 0 Å². The third kappa shape index (κ3) is 3.72. The molecule has 0 aromatic rings. The molecule has 0 N–H and O–H groups in total. The molecule has 1 aliphatic rings. The van der Waals surface area contributed by atoms with Crippen molar-refractivity contribution in [3.63, 3.8) is 0 Å². The summed E-state index contributed by atoms with van der Waals surface area (Å²) in [7, 11) is 0. The third-order valence-corrected chi connectivity index (χ3v) is 2.13. The zero-order valence-corrected chi connectivity index (χ0v) is 7.83. The van der Waals surface area contributed by atoms with Crippen LogP contribution in [0.4, 0.5) is 0 Å². The van der Waals surface area contributed by atoms with E-state index in [2.05, 4.69) is 10.1 Å². The van der Waals surface area contributed by atoms with Crippen LogP contribution in [0.3, 0.4) is 0 Å². The van der Waals surface area contributed by atoms with Crippen molar-refractivity contribution in [1.29, 1.82) is 0 Å². The fourth-order valence-corrected chi connectivity index (χ4v) is 1.48. The lowest BCUT2D eigenvalue weighted by Gasteiger charge is -2.25. The summed E-state index contributed by atoms with van der Waals surface area (Å²) in [4.78, 5) is 7.45. The maximum atomic E-state index is 5.01. The van der Waals surface area contributed by atoms with Crippen LogP contribution in [0.2, 0.25) is 0 Å². The topological polar surface area (TPSA) is 24.8 Å².